The third kappa shape index (κ3) is 4.42. The molecule has 0 saturated carbocycles. The summed E-state index contributed by atoms with van der Waals surface area (Å²) in [5.41, 5.74) is 0.773. The lowest BCUT2D eigenvalue weighted by molar-refractivity contribution is -0.173. The number of halogens is 5. The molecular weight excluding hydrogens is 545 g/mol. The number of fused-ring (bicyclic) bond motifs is 1. The second kappa shape index (κ2) is 8.19. The highest BCUT2D eigenvalue weighted by Gasteiger charge is 2.47. The summed E-state index contributed by atoms with van der Waals surface area (Å²) in [5.74, 6) is -0.693. The molecule has 1 aliphatic heterocycles. The van der Waals surface area contributed by atoms with Crippen LogP contribution >= 0.6 is 31.9 Å². The van der Waals surface area contributed by atoms with Gasteiger partial charge in [0.15, 0.2) is 11.7 Å². The van der Waals surface area contributed by atoms with Crippen molar-refractivity contribution in [2.75, 3.05) is 10.6 Å². The minimum absolute atomic E-state index is 0.0582. The number of phenolic OH excluding ortho intramolecular Hbond substituents is 1. The summed E-state index contributed by atoms with van der Waals surface area (Å²) in [7, 11) is 0. The van der Waals surface area contributed by atoms with Crippen molar-refractivity contribution in [2.45, 2.75) is 24.7 Å². The van der Waals surface area contributed by atoms with Crippen molar-refractivity contribution in [3.05, 3.63) is 68.7 Å². The van der Waals surface area contributed by atoms with Gasteiger partial charge < -0.3 is 15.7 Å². The lowest BCUT2D eigenvalue weighted by Gasteiger charge is -2.33. The van der Waals surface area contributed by atoms with E-state index in [1.165, 1.54) is 18.2 Å². The summed E-state index contributed by atoms with van der Waals surface area (Å²) in [6.07, 6.45) is -4.84. The van der Waals surface area contributed by atoms with Crippen LogP contribution in [0.3, 0.4) is 0 Å². The monoisotopic (exact) mass is 558 g/mol. The first-order chi connectivity index (χ1) is 14.6. The number of alkyl halides is 3. The van der Waals surface area contributed by atoms with E-state index in [4.69, 9.17) is 0 Å². The fourth-order valence-corrected chi connectivity index (χ4v) is 4.24. The van der Waals surface area contributed by atoms with Gasteiger partial charge >= 0.3 is 6.18 Å². The number of nitrogens with zero attached hydrogens (tertiary/aromatic N) is 2. The topological polar surface area (TPSA) is 79.2 Å². The molecule has 31 heavy (non-hydrogen) atoms. The normalized spacial score (nSPS) is 18.2. The number of phenols is 1. The van der Waals surface area contributed by atoms with Crippen LogP contribution in [0.2, 0.25) is 0 Å². The predicted octanol–water partition coefficient (Wildman–Crippen LogP) is 6.03. The second-order valence-corrected chi connectivity index (χ2v) is 8.71. The summed E-state index contributed by atoms with van der Waals surface area (Å²) >= 11 is 6.56. The molecule has 3 N–H and O–H groups in total. The average Bonchev–Trinajstić information content (AvgIpc) is 3.04. The third-order valence-corrected chi connectivity index (χ3v) is 6.17. The Morgan fingerprint density at radius 2 is 1.90 bits per heavy atom. The van der Waals surface area contributed by atoms with Crippen molar-refractivity contribution in [1.29, 1.82) is 0 Å². The molecule has 1 aromatic heterocycles. The van der Waals surface area contributed by atoms with Gasteiger partial charge in [-0.3, -0.25) is 4.79 Å². The number of aromatic nitrogens is 2. The quantitative estimate of drug-likeness (QED) is 0.366. The molecule has 0 spiro atoms. The van der Waals surface area contributed by atoms with E-state index in [1.54, 1.807) is 30.3 Å². The van der Waals surface area contributed by atoms with Crippen LogP contribution in [0.1, 0.15) is 34.6 Å². The van der Waals surface area contributed by atoms with Gasteiger partial charge in [0.2, 0.25) is 0 Å². The Morgan fingerprint density at radius 1 is 1.19 bits per heavy atom. The number of anilines is 2. The molecule has 2 aromatic carbocycles. The third-order valence-electron chi connectivity index (χ3n) is 4.89. The molecule has 2 atom stereocenters. The molecule has 1 aliphatic rings. The first-order valence-corrected chi connectivity index (χ1v) is 10.7. The van der Waals surface area contributed by atoms with Gasteiger partial charge in [0, 0.05) is 22.6 Å². The molecule has 0 aliphatic carbocycles. The summed E-state index contributed by atoms with van der Waals surface area (Å²) in [6, 6.07) is 10.3. The largest absolute Gasteiger partial charge is 0.508 e. The molecule has 2 heterocycles. The number of nitrogens with one attached hydrogen (secondary N) is 2. The van der Waals surface area contributed by atoms with Crippen molar-refractivity contribution in [3.63, 3.8) is 0 Å². The maximum absolute atomic E-state index is 13.9. The van der Waals surface area contributed by atoms with Crippen LogP contribution in [0.4, 0.5) is 24.7 Å². The molecule has 0 radical (unpaired) electrons. The maximum atomic E-state index is 13.9. The Balaban J connectivity index is 1.70. The minimum Gasteiger partial charge on any atom is -0.508 e. The van der Waals surface area contributed by atoms with E-state index in [1.807, 2.05) is 0 Å². The van der Waals surface area contributed by atoms with Crippen molar-refractivity contribution in [3.8, 4) is 5.75 Å². The Morgan fingerprint density at radius 3 is 2.55 bits per heavy atom. The SMILES string of the molecule is O=C(Nc1cccc(O)c1)c1nn2c(c1Br)NC(c1ccc(Br)cc1)CC2C(F)(F)F. The van der Waals surface area contributed by atoms with Crippen LogP contribution in [0, 0.1) is 0 Å². The lowest BCUT2D eigenvalue weighted by atomic mass is 9.97. The molecule has 3 aromatic rings. The molecule has 0 bridgehead atoms. The van der Waals surface area contributed by atoms with Crippen molar-refractivity contribution in [2.24, 2.45) is 0 Å². The number of aromatic hydroxyl groups is 1. The van der Waals surface area contributed by atoms with Crippen LogP contribution in [0.15, 0.2) is 57.5 Å². The Bertz CT molecular complexity index is 1130. The van der Waals surface area contributed by atoms with Gasteiger partial charge in [-0.25, -0.2) is 4.68 Å². The molecule has 1 amide bonds. The minimum atomic E-state index is -4.56. The Labute approximate surface area is 191 Å². The van der Waals surface area contributed by atoms with Gasteiger partial charge in [-0.1, -0.05) is 34.1 Å². The van der Waals surface area contributed by atoms with Gasteiger partial charge in [0.05, 0.1) is 10.5 Å². The Hall–Kier alpha value is -2.53. The first kappa shape index (κ1) is 21.7. The fraction of sp³-hybridized carbons (Fsp3) is 0.200. The number of rotatable bonds is 3. The van der Waals surface area contributed by atoms with E-state index in [2.05, 4.69) is 47.6 Å². The molecule has 11 heteroatoms. The zero-order valence-corrected chi connectivity index (χ0v) is 18.8. The van der Waals surface area contributed by atoms with Gasteiger partial charge in [0.25, 0.3) is 5.91 Å². The second-order valence-electron chi connectivity index (χ2n) is 7.00. The van der Waals surface area contributed by atoms with Crippen LogP contribution in [-0.2, 0) is 0 Å². The highest BCUT2D eigenvalue weighted by atomic mass is 79.9. The summed E-state index contributed by atoms with van der Waals surface area (Å²) in [6.45, 7) is 0. The number of carbonyl (C=O) groups is 1. The number of benzene rings is 2. The number of hydrogen-bond acceptors (Lipinski definition) is 4. The molecule has 0 saturated heterocycles. The molecule has 4 rings (SSSR count). The van der Waals surface area contributed by atoms with E-state index >= 15 is 0 Å². The summed E-state index contributed by atoms with van der Waals surface area (Å²) in [4.78, 5) is 12.7. The smallest absolute Gasteiger partial charge is 0.410 e. The molecule has 6 nitrogen and oxygen atoms in total. The molecule has 162 valence electrons. The molecule has 0 fully saturated rings. The van der Waals surface area contributed by atoms with Gasteiger partial charge in [-0.15, -0.1) is 0 Å². The van der Waals surface area contributed by atoms with Crippen LogP contribution in [0.25, 0.3) is 0 Å². The van der Waals surface area contributed by atoms with Crippen LogP contribution in [-0.4, -0.2) is 27.0 Å². The maximum Gasteiger partial charge on any atom is 0.410 e. The summed E-state index contributed by atoms with van der Waals surface area (Å²) in [5, 5.41) is 19.1. The van der Waals surface area contributed by atoms with E-state index in [0.717, 1.165) is 9.15 Å². The average molecular weight is 560 g/mol. The van der Waals surface area contributed by atoms with Gasteiger partial charge in [0.1, 0.15) is 11.6 Å². The lowest BCUT2D eigenvalue weighted by Crippen LogP contribution is -2.35. The Kier molecular flexibility index (Phi) is 5.73. The van der Waals surface area contributed by atoms with E-state index < -0.39 is 24.2 Å². The van der Waals surface area contributed by atoms with E-state index in [-0.39, 0.29) is 33.8 Å². The van der Waals surface area contributed by atoms with Gasteiger partial charge in [-0.05, 0) is 45.8 Å². The van der Waals surface area contributed by atoms with Crippen molar-refractivity contribution in [1.82, 2.24) is 9.78 Å². The highest BCUT2D eigenvalue weighted by Crippen LogP contribution is 2.46. The zero-order chi connectivity index (χ0) is 22.3. The zero-order valence-electron chi connectivity index (χ0n) is 15.6. The van der Waals surface area contributed by atoms with Crippen LogP contribution in [0.5, 0.6) is 5.75 Å². The number of hydrogen-bond donors (Lipinski definition) is 3. The number of carbonyl (C=O) groups excluding carboxylic acids is 1. The van der Waals surface area contributed by atoms with Crippen LogP contribution < -0.4 is 10.6 Å². The fourth-order valence-electron chi connectivity index (χ4n) is 3.42. The van der Waals surface area contributed by atoms with E-state index in [9.17, 15) is 23.1 Å². The first-order valence-electron chi connectivity index (χ1n) is 9.10. The summed E-state index contributed by atoms with van der Waals surface area (Å²) < 4.78 is 43.3. The van der Waals surface area contributed by atoms with E-state index in [0.29, 0.717) is 5.56 Å². The predicted molar refractivity (Wildman–Crippen MR) is 116 cm³/mol. The highest BCUT2D eigenvalue weighted by molar-refractivity contribution is 9.11. The molecule has 2 unspecified atom stereocenters. The van der Waals surface area contributed by atoms with Gasteiger partial charge in [-0.2, -0.15) is 18.3 Å². The number of amides is 1. The molecular formula is C20H15Br2F3N4O2. The van der Waals surface area contributed by atoms with Crippen molar-refractivity contribution < 1.29 is 23.1 Å². The van der Waals surface area contributed by atoms with Crippen molar-refractivity contribution >= 4 is 49.3 Å². The standard InChI is InChI=1S/C20H15Br2F3N4O2/c21-11-6-4-10(5-7-11)14-9-15(20(23,24)25)29-18(27-14)16(22)17(28-29)19(31)26-12-2-1-3-13(30)8-12/h1-8,14-15,27,30H,9H2,(H,26,31).